The van der Waals surface area contributed by atoms with Gasteiger partial charge in [0.25, 0.3) is 0 Å². The first-order chi connectivity index (χ1) is 4.79. The summed E-state index contributed by atoms with van der Waals surface area (Å²) >= 11 is 0. The van der Waals surface area contributed by atoms with Crippen molar-refractivity contribution in [3.8, 4) is 0 Å². The van der Waals surface area contributed by atoms with Gasteiger partial charge >= 0.3 is 0 Å². The highest BCUT2D eigenvalue weighted by molar-refractivity contribution is 7.64. The molecular formula is C6H7N2OP. The Bertz CT molecular complexity index is 224. The third-order valence-corrected chi connectivity index (χ3v) is 1.69. The highest BCUT2D eigenvalue weighted by Crippen LogP contribution is 2.05. The van der Waals surface area contributed by atoms with Crippen molar-refractivity contribution in [3.63, 3.8) is 0 Å². The fourth-order valence-electron chi connectivity index (χ4n) is 0.521. The number of aromatic nitrogens is 2. The van der Waals surface area contributed by atoms with Gasteiger partial charge in [0.15, 0.2) is 11.1 Å². The standard InChI is InChI=1S/C6H7N2OP/c1-5(9)10-6-7-3-2-4-8-6/h2-4,10H,1H3. The van der Waals surface area contributed by atoms with Crippen LogP contribution in [0.25, 0.3) is 0 Å². The summed E-state index contributed by atoms with van der Waals surface area (Å²) in [5.74, 6) is 0. The van der Waals surface area contributed by atoms with Crippen LogP contribution in [0.15, 0.2) is 18.5 Å². The van der Waals surface area contributed by atoms with E-state index in [1.807, 2.05) is 0 Å². The normalized spacial score (nSPS) is 10.5. The van der Waals surface area contributed by atoms with E-state index in [0.717, 1.165) is 0 Å². The maximum Gasteiger partial charge on any atom is 0.156 e. The molecule has 1 heterocycles. The molecule has 52 valence electrons. The van der Waals surface area contributed by atoms with Crippen LogP contribution in [-0.4, -0.2) is 15.5 Å². The molecular weight excluding hydrogens is 147 g/mol. The molecule has 0 radical (unpaired) electrons. The Morgan fingerprint density at radius 3 is 2.60 bits per heavy atom. The molecule has 0 fully saturated rings. The summed E-state index contributed by atoms with van der Waals surface area (Å²) in [5, 5.41) is 0. The van der Waals surface area contributed by atoms with Gasteiger partial charge in [-0.3, -0.25) is 4.79 Å². The fourth-order valence-corrected chi connectivity index (χ4v) is 1.11. The van der Waals surface area contributed by atoms with Crippen LogP contribution in [-0.2, 0) is 4.79 Å². The van der Waals surface area contributed by atoms with Crippen LogP contribution in [0.2, 0.25) is 0 Å². The summed E-state index contributed by atoms with van der Waals surface area (Å²) in [6, 6.07) is 1.73. The Hall–Kier alpha value is -0.820. The molecule has 0 saturated heterocycles. The molecule has 3 nitrogen and oxygen atoms in total. The first-order valence-corrected chi connectivity index (χ1v) is 3.83. The van der Waals surface area contributed by atoms with Crippen LogP contribution in [0.5, 0.6) is 0 Å². The van der Waals surface area contributed by atoms with E-state index < -0.39 is 0 Å². The van der Waals surface area contributed by atoms with Gasteiger partial charge in [0.1, 0.15) is 0 Å². The third kappa shape index (κ3) is 2.19. The highest BCUT2D eigenvalue weighted by Gasteiger charge is 1.96. The fraction of sp³-hybridized carbons (Fsp3) is 0.167. The molecule has 0 bridgehead atoms. The summed E-state index contributed by atoms with van der Waals surface area (Å²) in [6.07, 6.45) is 3.27. The van der Waals surface area contributed by atoms with E-state index in [9.17, 15) is 4.79 Å². The molecule has 1 aromatic heterocycles. The van der Waals surface area contributed by atoms with E-state index in [0.29, 0.717) is 5.57 Å². The van der Waals surface area contributed by atoms with Crippen molar-refractivity contribution in [3.05, 3.63) is 18.5 Å². The largest absolute Gasteiger partial charge is 0.295 e. The topological polar surface area (TPSA) is 42.9 Å². The molecule has 0 N–H and O–H groups in total. The monoisotopic (exact) mass is 154 g/mol. The molecule has 10 heavy (non-hydrogen) atoms. The predicted molar refractivity (Wildman–Crippen MR) is 40.7 cm³/mol. The molecule has 0 aliphatic heterocycles. The van der Waals surface area contributed by atoms with Crippen molar-refractivity contribution in [1.29, 1.82) is 0 Å². The highest BCUT2D eigenvalue weighted by atomic mass is 31.1. The van der Waals surface area contributed by atoms with E-state index in [1.165, 1.54) is 6.92 Å². The number of hydrogen-bond donors (Lipinski definition) is 0. The quantitative estimate of drug-likeness (QED) is 0.576. The van der Waals surface area contributed by atoms with Crippen molar-refractivity contribution >= 4 is 19.7 Å². The molecule has 1 atom stereocenters. The molecule has 0 saturated carbocycles. The summed E-state index contributed by atoms with van der Waals surface area (Å²) < 4.78 is 0. The molecule has 1 rings (SSSR count). The maximum absolute atomic E-state index is 10.5. The molecule has 0 amide bonds. The molecule has 0 aliphatic carbocycles. The number of rotatable bonds is 2. The van der Waals surface area contributed by atoms with Crippen LogP contribution in [0.1, 0.15) is 6.92 Å². The number of nitrogens with zero attached hydrogens (tertiary/aromatic N) is 2. The second kappa shape index (κ2) is 3.37. The lowest BCUT2D eigenvalue weighted by atomic mass is 10.7. The van der Waals surface area contributed by atoms with E-state index in [2.05, 4.69) is 9.97 Å². The Labute approximate surface area is 60.7 Å². The van der Waals surface area contributed by atoms with Gasteiger partial charge in [-0.25, -0.2) is 9.97 Å². The second-order valence-electron chi connectivity index (χ2n) is 1.75. The minimum atomic E-state index is 0.0998. The molecule has 4 heteroatoms. The van der Waals surface area contributed by atoms with Crippen LogP contribution in [0, 0.1) is 0 Å². The SMILES string of the molecule is CC(=O)Pc1ncccn1. The van der Waals surface area contributed by atoms with Gasteiger partial charge in [-0.1, -0.05) is 0 Å². The lowest BCUT2D eigenvalue weighted by molar-refractivity contribution is -0.109. The smallest absolute Gasteiger partial charge is 0.156 e. The third-order valence-electron chi connectivity index (χ3n) is 0.854. The zero-order valence-corrected chi connectivity index (χ0v) is 6.53. The van der Waals surface area contributed by atoms with Gasteiger partial charge in [-0.2, -0.15) is 0 Å². The van der Waals surface area contributed by atoms with Crippen LogP contribution < -0.4 is 5.57 Å². The minimum absolute atomic E-state index is 0.0998. The zero-order chi connectivity index (χ0) is 7.40. The first-order valence-electron chi connectivity index (χ1n) is 2.83. The van der Waals surface area contributed by atoms with E-state index in [1.54, 1.807) is 18.5 Å². The number of carbonyl (C=O) groups is 1. The van der Waals surface area contributed by atoms with E-state index in [-0.39, 0.29) is 14.1 Å². The zero-order valence-electron chi connectivity index (χ0n) is 5.53. The van der Waals surface area contributed by atoms with E-state index >= 15 is 0 Å². The van der Waals surface area contributed by atoms with Crippen LogP contribution in [0.4, 0.5) is 0 Å². The Kier molecular flexibility index (Phi) is 2.46. The van der Waals surface area contributed by atoms with Crippen molar-refractivity contribution < 1.29 is 4.79 Å². The van der Waals surface area contributed by atoms with Crippen LogP contribution in [0.3, 0.4) is 0 Å². The first kappa shape index (κ1) is 7.29. The summed E-state index contributed by atoms with van der Waals surface area (Å²) in [7, 11) is 0.0998. The maximum atomic E-state index is 10.5. The van der Waals surface area contributed by atoms with Gasteiger partial charge in [0.2, 0.25) is 0 Å². The number of carbonyl (C=O) groups excluding carboxylic acids is 1. The second-order valence-corrected chi connectivity index (χ2v) is 3.15. The van der Waals surface area contributed by atoms with Gasteiger partial charge in [0, 0.05) is 21.0 Å². The lowest BCUT2D eigenvalue weighted by Gasteiger charge is -1.91. The number of hydrogen-bond acceptors (Lipinski definition) is 3. The summed E-state index contributed by atoms with van der Waals surface area (Å²) in [5.41, 5.74) is 0.737. The van der Waals surface area contributed by atoms with Gasteiger partial charge in [0.05, 0.1) is 0 Å². The van der Waals surface area contributed by atoms with Gasteiger partial charge in [-0.05, 0) is 13.0 Å². The van der Waals surface area contributed by atoms with Crippen molar-refractivity contribution in [2.45, 2.75) is 6.92 Å². The van der Waals surface area contributed by atoms with Crippen molar-refractivity contribution in [2.75, 3.05) is 0 Å². The van der Waals surface area contributed by atoms with Gasteiger partial charge < -0.3 is 0 Å². The summed E-state index contributed by atoms with van der Waals surface area (Å²) in [4.78, 5) is 18.3. The Balaban J connectivity index is 2.67. The summed E-state index contributed by atoms with van der Waals surface area (Å²) in [6.45, 7) is 1.54. The van der Waals surface area contributed by atoms with Crippen molar-refractivity contribution in [1.82, 2.24) is 9.97 Å². The average Bonchev–Trinajstić information content (AvgIpc) is 1.88. The van der Waals surface area contributed by atoms with Crippen LogP contribution >= 0.6 is 8.58 Å². The van der Waals surface area contributed by atoms with Gasteiger partial charge in [-0.15, -0.1) is 0 Å². The molecule has 1 unspecified atom stereocenters. The van der Waals surface area contributed by atoms with Crippen molar-refractivity contribution in [2.24, 2.45) is 0 Å². The Morgan fingerprint density at radius 1 is 1.50 bits per heavy atom. The Morgan fingerprint density at radius 2 is 2.10 bits per heavy atom. The molecule has 0 spiro atoms. The van der Waals surface area contributed by atoms with E-state index in [4.69, 9.17) is 0 Å². The molecule has 0 aromatic carbocycles. The minimum Gasteiger partial charge on any atom is -0.295 e. The lowest BCUT2D eigenvalue weighted by Crippen LogP contribution is -2.06. The average molecular weight is 154 g/mol. The molecule has 1 aromatic rings. The predicted octanol–water partition coefficient (Wildman–Crippen LogP) is 0.327. The molecule has 0 aliphatic rings.